The second-order valence-electron chi connectivity index (χ2n) is 7.43. The van der Waals surface area contributed by atoms with Gasteiger partial charge in [-0.1, -0.05) is 24.3 Å². The van der Waals surface area contributed by atoms with E-state index in [9.17, 15) is 35.7 Å². The summed E-state index contributed by atoms with van der Waals surface area (Å²) < 4.78 is 21.4. The molecule has 2 heterocycles. The molecule has 0 bridgehead atoms. The Morgan fingerprint density at radius 3 is 2.23 bits per heavy atom. The summed E-state index contributed by atoms with van der Waals surface area (Å²) in [7, 11) is 0. The highest BCUT2D eigenvalue weighted by Crippen LogP contribution is 2.24. The van der Waals surface area contributed by atoms with Gasteiger partial charge in [0.1, 0.15) is 48.5 Å². The van der Waals surface area contributed by atoms with Gasteiger partial charge in [0.2, 0.25) is 0 Å². The maximum absolute atomic E-state index is 10.2. The summed E-state index contributed by atoms with van der Waals surface area (Å²) in [6, 6.07) is 6.46. The molecule has 2 fully saturated rings. The second kappa shape index (κ2) is 10.8. The molecule has 3 rings (SSSR count). The van der Waals surface area contributed by atoms with Gasteiger partial charge in [0.15, 0.2) is 12.6 Å². The average molecular weight is 444 g/mol. The zero-order valence-electron chi connectivity index (χ0n) is 16.5. The Labute approximate surface area is 178 Å². The minimum Gasteiger partial charge on any atom is -0.508 e. The number of aliphatic hydroxyl groups is 6. The lowest BCUT2D eigenvalue weighted by atomic mass is 9.99. The topological polar surface area (TPSA) is 179 Å². The van der Waals surface area contributed by atoms with Gasteiger partial charge in [-0.2, -0.15) is 0 Å². The molecule has 0 amide bonds. The molecule has 11 heteroatoms. The Morgan fingerprint density at radius 1 is 0.839 bits per heavy atom. The summed E-state index contributed by atoms with van der Waals surface area (Å²) in [6.07, 6.45) is -9.10. The van der Waals surface area contributed by atoms with Gasteiger partial charge in [0.25, 0.3) is 0 Å². The monoisotopic (exact) mass is 444 g/mol. The molecular formula is C20H28O11. The fourth-order valence-electron chi connectivity index (χ4n) is 3.23. The maximum atomic E-state index is 10.2. The van der Waals surface area contributed by atoms with Gasteiger partial charge in [-0.05, 0) is 17.7 Å². The highest BCUT2D eigenvalue weighted by Gasteiger charge is 2.45. The first-order chi connectivity index (χ1) is 14.8. The summed E-state index contributed by atoms with van der Waals surface area (Å²) in [5.41, 5.74) is 0.812. The van der Waals surface area contributed by atoms with Gasteiger partial charge in [-0.25, -0.2) is 0 Å². The third-order valence-corrected chi connectivity index (χ3v) is 5.11. The number of ether oxygens (including phenoxy) is 4. The van der Waals surface area contributed by atoms with Gasteiger partial charge >= 0.3 is 0 Å². The first-order valence-electron chi connectivity index (χ1n) is 9.82. The number of aliphatic hydroxyl groups excluding tert-OH is 6. The minimum atomic E-state index is -1.57. The Bertz CT molecular complexity index is 712. The van der Waals surface area contributed by atoms with Crippen LogP contribution in [-0.4, -0.2) is 111 Å². The van der Waals surface area contributed by atoms with E-state index in [0.29, 0.717) is 0 Å². The Hall–Kier alpha value is -1.64. The lowest BCUT2D eigenvalue weighted by Gasteiger charge is -2.41. The second-order valence-corrected chi connectivity index (χ2v) is 7.43. The number of benzene rings is 1. The van der Waals surface area contributed by atoms with Crippen LogP contribution in [-0.2, 0) is 18.9 Å². The first kappa shape index (κ1) is 24.0. The van der Waals surface area contributed by atoms with E-state index >= 15 is 0 Å². The molecule has 2 aliphatic rings. The van der Waals surface area contributed by atoms with Crippen LogP contribution in [0.15, 0.2) is 30.3 Å². The van der Waals surface area contributed by atoms with Crippen molar-refractivity contribution in [3.05, 3.63) is 35.9 Å². The van der Waals surface area contributed by atoms with Crippen molar-refractivity contribution in [3.63, 3.8) is 0 Å². The molecule has 0 aromatic heterocycles. The molecule has 11 nitrogen and oxygen atoms in total. The van der Waals surface area contributed by atoms with Crippen molar-refractivity contribution in [3.8, 4) is 5.75 Å². The summed E-state index contributed by atoms with van der Waals surface area (Å²) in [4.78, 5) is 0. The van der Waals surface area contributed by atoms with Crippen LogP contribution in [0.4, 0.5) is 0 Å². The van der Waals surface area contributed by atoms with Crippen LogP contribution in [0, 0.1) is 0 Å². The molecule has 1 aromatic carbocycles. The quantitative estimate of drug-likeness (QED) is 0.240. The highest BCUT2D eigenvalue weighted by atomic mass is 16.7. The zero-order chi connectivity index (χ0) is 22.5. The molecule has 2 aliphatic heterocycles. The number of rotatable bonds is 7. The maximum Gasteiger partial charge on any atom is 0.187 e. The first-order valence-corrected chi connectivity index (χ1v) is 9.82. The molecular weight excluding hydrogens is 416 g/mol. The van der Waals surface area contributed by atoms with Crippen molar-refractivity contribution < 1.29 is 54.7 Å². The third-order valence-electron chi connectivity index (χ3n) is 5.11. The van der Waals surface area contributed by atoms with Crippen molar-refractivity contribution in [2.24, 2.45) is 0 Å². The van der Waals surface area contributed by atoms with E-state index in [4.69, 9.17) is 18.9 Å². The van der Waals surface area contributed by atoms with Crippen LogP contribution in [0.1, 0.15) is 5.56 Å². The van der Waals surface area contributed by atoms with Crippen molar-refractivity contribution >= 4 is 6.08 Å². The molecule has 1 aromatic rings. The molecule has 0 spiro atoms. The normalized spacial score (nSPS) is 39.1. The van der Waals surface area contributed by atoms with Crippen LogP contribution in [0.3, 0.4) is 0 Å². The Kier molecular flexibility index (Phi) is 8.36. The summed E-state index contributed by atoms with van der Waals surface area (Å²) in [6.45, 7) is -0.580. The Morgan fingerprint density at radius 2 is 1.52 bits per heavy atom. The number of phenolic OH excluding ortho intramolecular Hbond substituents is 1. The van der Waals surface area contributed by atoms with Crippen molar-refractivity contribution in [1.29, 1.82) is 0 Å². The largest absolute Gasteiger partial charge is 0.508 e. The van der Waals surface area contributed by atoms with E-state index in [0.717, 1.165) is 5.56 Å². The van der Waals surface area contributed by atoms with Gasteiger partial charge in [-0.3, -0.25) is 0 Å². The van der Waals surface area contributed by atoms with Crippen molar-refractivity contribution in [2.45, 2.75) is 55.3 Å². The molecule has 0 unspecified atom stereocenters. The number of hydrogen-bond acceptors (Lipinski definition) is 11. The summed E-state index contributed by atoms with van der Waals surface area (Å²) in [5.74, 6) is 0.143. The molecule has 174 valence electrons. The van der Waals surface area contributed by atoms with Gasteiger partial charge in [0, 0.05) is 0 Å². The number of aromatic hydroxyl groups is 1. The van der Waals surface area contributed by atoms with Gasteiger partial charge in [-0.15, -0.1) is 0 Å². The smallest absolute Gasteiger partial charge is 0.187 e. The molecule has 0 aliphatic carbocycles. The standard InChI is InChI=1S/C20H28O11/c21-11-5-3-10(4-6-11)2-1-7-28-20-18(27)16(25)15(24)13(31-20)9-30-19-17(26)14(23)12(22)8-29-19/h1-6,12-27H,7-9H2/t12-,13+,14-,15+,16-,17+,18+,19-,20+/m0/s1. The molecule has 9 atom stereocenters. The van der Waals surface area contributed by atoms with Gasteiger partial charge in [0.05, 0.1) is 19.8 Å². The SMILES string of the molecule is Oc1ccc(C=CCO[C@@H]2O[C@H](CO[C@@H]3OC[C@H](O)[C@H](O)[C@H]3O)[C@@H](O)[C@H](O)[C@H]2O)cc1. The van der Waals surface area contributed by atoms with Gasteiger partial charge < -0.3 is 54.7 Å². The van der Waals surface area contributed by atoms with Crippen LogP contribution in [0.2, 0.25) is 0 Å². The minimum absolute atomic E-state index is 0.0214. The summed E-state index contributed by atoms with van der Waals surface area (Å²) >= 11 is 0. The Balaban J connectivity index is 1.51. The van der Waals surface area contributed by atoms with Crippen LogP contribution >= 0.6 is 0 Å². The molecule has 0 saturated carbocycles. The van der Waals surface area contributed by atoms with E-state index in [2.05, 4.69) is 0 Å². The summed E-state index contributed by atoms with van der Waals surface area (Å²) in [5, 5.41) is 68.7. The average Bonchev–Trinajstić information content (AvgIpc) is 2.76. The third kappa shape index (κ3) is 5.99. The van der Waals surface area contributed by atoms with E-state index in [1.54, 1.807) is 24.3 Å². The van der Waals surface area contributed by atoms with E-state index in [-0.39, 0.29) is 25.6 Å². The molecule has 31 heavy (non-hydrogen) atoms. The highest BCUT2D eigenvalue weighted by molar-refractivity contribution is 5.50. The number of phenols is 1. The molecule has 7 N–H and O–H groups in total. The van der Waals surface area contributed by atoms with Crippen molar-refractivity contribution in [1.82, 2.24) is 0 Å². The van der Waals surface area contributed by atoms with Crippen LogP contribution < -0.4 is 0 Å². The van der Waals surface area contributed by atoms with Crippen molar-refractivity contribution in [2.75, 3.05) is 19.8 Å². The lowest BCUT2D eigenvalue weighted by molar-refractivity contribution is -0.319. The van der Waals surface area contributed by atoms with Crippen LogP contribution in [0.25, 0.3) is 6.08 Å². The molecule has 2 saturated heterocycles. The van der Waals surface area contributed by atoms with E-state index < -0.39 is 55.3 Å². The fourth-order valence-corrected chi connectivity index (χ4v) is 3.23. The predicted molar refractivity (Wildman–Crippen MR) is 103 cm³/mol. The molecule has 0 radical (unpaired) electrons. The fraction of sp³-hybridized carbons (Fsp3) is 0.600. The van der Waals surface area contributed by atoms with Crippen LogP contribution in [0.5, 0.6) is 5.75 Å². The van der Waals surface area contributed by atoms with E-state index in [1.165, 1.54) is 12.1 Å². The number of hydrogen-bond donors (Lipinski definition) is 7. The zero-order valence-corrected chi connectivity index (χ0v) is 16.5. The van der Waals surface area contributed by atoms with E-state index in [1.807, 2.05) is 0 Å². The predicted octanol–water partition coefficient (Wildman–Crippen LogP) is -2.31. The lowest BCUT2D eigenvalue weighted by Crippen LogP contribution is -2.60.